The van der Waals surface area contributed by atoms with Crippen LogP contribution in [0.2, 0.25) is 0 Å². The average Bonchev–Trinajstić information content (AvgIpc) is 3.31. The van der Waals surface area contributed by atoms with Crippen molar-refractivity contribution in [2.45, 2.75) is 49.2 Å². The fraction of sp³-hybridized carbons (Fsp3) is 0.414. The molecule has 5 rings (SSSR count). The van der Waals surface area contributed by atoms with Crippen LogP contribution in [0, 0.1) is 17.2 Å². The summed E-state index contributed by atoms with van der Waals surface area (Å²) in [5.74, 6) is -0.0986. The molecule has 1 atom stereocenters. The molecule has 0 bridgehead atoms. The van der Waals surface area contributed by atoms with Crippen molar-refractivity contribution in [2.75, 3.05) is 30.9 Å². The predicted octanol–water partition coefficient (Wildman–Crippen LogP) is 5.40. The molecule has 12 heteroatoms. The van der Waals surface area contributed by atoms with Gasteiger partial charge in [-0.05, 0) is 67.5 Å². The Labute approximate surface area is 235 Å². The number of benzene rings is 2. The van der Waals surface area contributed by atoms with Gasteiger partial charge in [-0.2, -0.15) is 18.4 Å². The molecule has 1 aliphatic carbocycles. The zero-order chi connectivity index (χ0) is 29.5. The van der Waals surface area contributed by atoms with Crippen molar-refractivity contribution in [3.8, 4) is 6.07 Å². The number of urea groups is 1. The number of anilines is 1. The number of carbonyl (C=O) groups is 2. The highest BCUT2D eigenvalue weighted by Crippen LogP contribution is 2.47. The minimum atomic E-state index is -4.64. The van der Waals surface area contributed by atoms with E-state index in [9.17, 15) is 36.4 Å². The van der Waals surface area contributed by atoms with Crippen LogP contribution in [0.1, 0.15) is 54.8 Å². The van der Waals surface area contributed by atoms with Gasteiger partial charge >= 0.3 is 12.2 Å². The zero-order valence-corrected chi connectivity index (χ0v) is 23.1. The first-order valence-electron chi connectivity index (χ1n) is 13.3. The fourth-order valence-corrected chi connectivity index (χ4v) is 6.81. The number of hydrogen-bond acceptors (Lipinski definition) is 6. The van der Waals surface area contributed by atoms with E-state index in [1.807, 2.05) is 6.07 Å². The van der Waals surface area contributed by atoms with Crippen molar-refractivity contribution in [1.82, 2.24) is 4.90 Å². The molecule has 0 N–H and O–H groups in total. The number of carbonyl (C=O) groups excluding carboxylic acids is 2. The number of hydrogen-bond donors (Lipinski definition) is 0. The minimum Gasteiger partial charge on any atom is -0.381 e. The number of halogens is 3. The smallest absolute Gasteiger partial charge is 0.381 e. The van der Waals surface area contributed by atoms with Crippen LogP contribution in [0.3, 0.4) is 0 Å². The number of ketones is 1. The van der Waals surface area contributed by atoms with Crippen molar-refractivity contribution in [1.29, 1.82) is 5.26 Å². The Morgan fingerprint density at radius 3 is 2.46 bits per heavy atom. The van der Waals surface area contributed by atoms with Crippen molar-refractivity contribution in [3.63, 3.8) is 0 Å². The summed E-state index contributed by atoms with van der Waals surface area (Å²) in [6, 6.07) is 8.71. The summed E-state index contributed by atoms with van der Waals surface area (Å²) >= 11 is 0. The molecule has 2 aromatic rings. The van der Waals surface area contributed by atoms with Gasteiger partial charge < -0.3 is 9.64 Å². The van der Waals surface area contributed by atoms with Crippen LogP contribution in [-0.2, 0) is 25.5 Å². The SMILES string of the molecule is CS(=O)(=O)c1cc(C#N)ccc1C1C2=C(CCC2=O)N(c2cccc(C(F)(F)F)c2)C(=O)N1CCC1CCOCC1. The lowest BCUT2D eigenvalue weighted by atomic mass is 9.90. The Hall–Kier alpha value is -3.69. The monoisotopic (exact) mass is 587 g/mol. The molecular formula is C29H28F3N3O5S. The first-order chi connectivity index (χ1) is 19.4. The minimum absolute atomic E-state index is 0.0234. The van der Waals surface area contributed by atoms with E-state index in [4.69, 9.17) is 4.74 Å². The largest absolute Gasteiger partial charge is 0.416 e. The van der Waals surface area contributed by atoms with Gasteiger partial charge in [0, 0.05) is 43.7 Å². The highest BCUT2D eigenvalue weighted by molar-refractivity contribution is 7.90. The first kappa shape index (κ1) is 28.8. The van der Waals surface area contributed by atoms with E-state index in [1.165, 1.54) is 40.1 Å². The number of nitrogens with zero attached hydrogens (tertiary/aromatic N) is 3. The van der Waals surface area contributed by atoms with Crippen molar-refractivity contribution >= 4 is 27.3 Å². The second-order valence-corrected chi connectivity index (χ2v) is 12.5. The zero-order valence-electron chi connectivity index (χ0n) is 22.3. The third-order valence-electron chi connectivity index (χ3n) is 7.88. The summed E-state index contributed by atoms with van der Waals surface area (Å²) in [5.41, 5.74) is -0.235. The Morgan fingerprint density at radius 1 is 1.07 bits per heavy atom. The number of amides is 2. The molecule has 2 aromatic carbocycles. The Bertz CT molecular complexity index is 1570. The molecule has 3 aliphatic rings. The lowest BCUT2D eigenvalue weighted by Crippen LogP contribution is -2.51. The van der Waals surface area contributed by atoms with Crippen LogP contribution in [0.25, 0.3) is 0 Å². The normalized spacial score (nSPS) is 20.4. The molecule has 2 amide bonds. The third-order valence-corrected chi connectivity index (χ3v) is 9.03. The molecule has 1 fully saturated rings. The van der Waals surface area contributed by atoms with E-state index < -0.39 is 33.6 Å². The lowest BCUT2D eigenvalue weighted by molar-refractivity contribution is -0.137. The highest BCUT2D eigenvalue weighted by Gasteiger charge is 2.47. The molecule has 2 aliphatic heterocycles. The number of Topliss-reactive ketones (excluding diaryl/α,β-unsaturated/α-hetero) is 1. The van der Waals surface area contributed by atoms with Crippen LogP contribution in [0.4, 0.5) is 23.7 Å². The molecule has 0 spiro atoms. The summed E-state index contributed by atoms with van der Waals surface area (Å²) in [6.07, 6.45) is -1.44. The van der Waals surface area contributed by atoms with Crippen LogP contribution >= 0.6 is 0 Å². The quantitative estimate of drug-likeness (QED) is 0.448. The molecular weight excluding hydrogens is 559 g/mol. The van der Waals surface area contributed by atoms with Crippen LogP contribution in [-0.4, -0.2) is 51.1 Å². The van der Waals surface area contributed by atoms with Gasteiger partial charge in [0.25, 0.3) is 0 Å². The van der Waals surface area contributed by atoms with E-state index in [0.717, 1.165) is 31.2 Å². The molecule has 1 saturated heterocycles. The maximum atomic E-state index is 14.3. The van der Waals surface area contributed by atoms with Gasteiger partial charge in [0.1, 0.15) is 0 Å². The maximum Gasteiger partial charge on any atom is 0.416 e. The van der Waals surface area contributed by atoms with Gasteiger partial charge in [-0.1, -0.05) is 12.1 Å². The van der Waals surface area contributed by atoms with Gasteiger partial charge in [-0.25, -0.2) is 13.2 Å². The lowest BCUT2D eigenvalue weighted by Gasteiger charge is -2.43. The summed E-state index contributed by atoms with van der Waals surface area (Å²) < 4.78 is 72.0. The van der Waals surface area contributed by atoms with Gasteiger partial charge in [0.15, 0.2) is 15.6 Å². The van der Waals surface area contributed by atoms with Crippen molar-refractivity contribution in [3.05, 3.63) is 70.4 Å². The number of nitriles is 1. The Morgan fingerprint density at radius 2 is 1.80 bits per heavy atom. The van der Waals surface area contributed by atoms with Gasteiger partial charge in [0.2, 0.25) is 0 Å². The fourth-order valence-electron chi connectivity index (χ4n) is 5.86. The molecule has 0 radical (unpaired) electrons. The third kappa shape index (κ3) is 5.61. The second-order valence-electron chi connectivity index (χ2n) is 10.5. The standard InChI is InChI=1S/C29H28F3N3O5S/c1-41(38,39)25-15-19(17-33)5-6-22(25)27-26-23(7-8-24(26)36)35(21-4-2-3-20(16-21)29(30,31)32)28(37)34(27)12-9-18-10-13-40-14-11-18/h2-6,15-16,18,27H,7-14H2,1H3. The molecule has 41 heavy (non-hydrogen) atoms. The van der Waals surface area contributed by atoms with E-state index >= 15 is 0 Å². The van der Waals surface area contributed by atoms with Crippen LogP contribution in [0.15, 0.2) is 58.6 Å². The first-order valence-corrected chi connectivity index (χ1v) is 15.2. The average molecular weight is 588 g/mol. The van der Waals surface area contributed by atoms with E-state index in [2.05, 4.69) is 0 Å². The van der Waals surface area contributed by atoms with Gasteiger partial charge in [-0.15, -0.1) is 0 Å². The van der Waals surface area contributed by atoms with Gasteiger partial charge in [0.05, 0.1) is 33.8 Å². The summed E-state index contributed by atoms with van der Waals surface area (Å²) in [7, 11) is -3.90. The summed E-state index contributed by atoms with van der Waals surface area (Å²) in [6.45, 7) is 1.27. The van der Waals surface area contributed by atoms with Crippen LogP contribution < -0.4 is 4.90 Å². The molecule has 0 saturated carbocycles. The van der Waals surface area contributed by atoms with Crippen molar-refractivity contribution in [2.24, 2.45) is 5.92 Å². The van der Waals surface area contributed by atoms with E-state index in [0.29, 0.717) is 19.6 Å². The molecule has 8 nitrogen and oxygen atoms in total. The number of sulfone groups is 1. The van der Waals surface area contributed by atoms with E-state index in [1.54, 1.807) is 0 Å². The Balaban J connectivity index is 1.69. The van der Waals surface area contributed by atoms with Crippen molar-refractivity contribution < 1.29 is 35.9 Å². The molecule has 2 heterocycles. The van der Waals surface area contributed by atoms with Gasteiger partial charge in [-0.3, -0.25) is 9.69 Å². The highest BCUT2D eigenvalue weighted by atomic mass is 32.2. The molecule has 1 unspecified atom stereocenters. The number of allylic oxidation sites excluding steroid dienone is 1. The molecule has 0 aromatic heterocycles. The van der Waals surface area contributed by atoms with Crippen LogP contribution in [0.5, 0.6) is 0 Å². The maximum absolute atomic E-state index is 14.3. The summed E-state index contributed by atoms with van der Waals surface area (Å²) in [4.78, 5) is 30.1. The number of ether oxygens (including phenoxy) is 1. The number of alkyl halides is 3. The predicted molar refractivity (Wildman–Crippen MR) is 142 cm³/mol. The summed E-state index contributed by atoms with van der Waals surface area (Å²) in [5, 5.41) is 9.41. The Kier molecular flexibility index (Phi) is 7.70. The van der Waals surface area contributed by atoms with E-state index in [-0.39, 0.29) is 64.1 Å². The second kappa shape index (κ2) is 10.9. The molecule has 216 valence electrons. The number of rotatable bonds is 6. The topological polar surface area (TPSA) is 108 Å².